The van der Waals surface area contributed by atoms with Crippen molar-refractivity contribution in [1.82, 2.24) is 0 Å². The predicted molar refractivity (Wildman–Crippen MR) is 61.3 cm³/mol. The van der Waals surface area contributed by atoms with E-state index in [4.69, 9.17) is 11.6 Å². The summed E-state index contributed by atoms with van der Waals surface area (Å²) in [4.78, 5) is 13.4. The Morgan fingerprint density at radius 2 is 2.29 bits per heavy atom. The number of fused-ring (bicyclic) bond motifs is 1. The van der Waals surface area contributed by atoms with Crippen molar-refractivity contribution < 1.29 is 4.79 Å². The fourth-order valence-corrected chi connectivity index (χ4v) is 2.18. The Morgan fingerprint density at radius 3 is 3.00 bits per heavy atom. The molecule has 0 atom stereocenters. The fourth-order valence-electron chi connectivity index (χ4n) is 1.66. The molecule has 2 rings (SSSR count). The van der Waals surface area contributed by atoms with E-state index >= 15 is 0 Å². The molecular formula is C10H9BrClNO. The van der Waals surface area contributed by atoms with Gasteiger partial charge in [0.05, 0.1) is 6.42 Å². The maximum atomic E-state index is 11.6. The zero-order chi connectivity index (χ0) is 10.1. The minimum atomic E-state index is 0.154. The number of hydrogen-bond donors (Lipinski definition) is 0. The molecular weight excluding hydrogens is 265 g/mol. The average molecular weight is 275 g/mol. The number of rotatable bonds is 2. The van der Waals surface area contributed by atoms with Crippen molar-refractivity contribution in [3.8, 4) is 0 Å². The fraction of sp³-hybridized carbons (Fsp3) is 0.300. The van der Waals surface area contributed by atoms with Gasteiger partial charge in [-0.15, -0.1) is 0 Å². The van der Waals surface area contributed by atoms with E-state index < -0.39 is 0 Å². The zero-order valence-corrected chi connectivity index (χ0v) is 9.81. The lowest BCUT2D eigenvalue weighted by Gasteiger charge is -2.15. The lowest BCUT2D eigenvalue weighted by molar-refractivity contribution is -0.117. The van der Waals surface area contributed by atoms with Crippen LogP contribution in [-0.2, 0) is 11.2 Å². The summed E-state index contributed by atoms with van der Waals surface area (Å²) in [5.41, 5.74) is 2.03. The van der Waals surface area contributed by atoms with Gasteiger partial charge in [-0.2, -0.15) is 0 Å². The van der Waals surface area contributed by atoms with Crippen LogP contribution in [-0.4, -0.2) is 17.8 Å². The van der Waals surface area contributed by atoms with Crippen LogP contribution in [0.2, 0.25) is 5.02 Å². The van der Waals surface area contributed by atoms with Crippen LogP contribution in [0.25, 0.3) is 0 Å². The topological polar surface area (TPSA) is 20.3 Å². The van der Waals surface area contributed by atoms with Crippen LogP contribution in [0.4, 0.5) is 5.69 Å². The zero-order valence-electron chi connectivity index (χ0n) is 7.46. The van der Waals surface area contributed by atoms with Gasteiger partial charge >= 0.3 is 0 Å². The summed E-state index contributed by atoms with van der Waals surface area (Å²) in [7, 11) is 0. The van der Waals surface area contributed by atoms with Gasteiger partial charge in [0.15, 0.2) is 0 Å². The smallest absolute Gasteiger partial charge is 0.231 e. The number of nitrogens with zero attached hydrogens (tertiary/aromatic N) is 1. The lowest BCUT2D eigenvalue weighted by Crippen LogP contribution is -2.28. The van der Waals surface area contributed by atoms with Gasteiger partial charge in [-0.05, 0) is 17.7 Å². The molecule has 1 heterocycles. The van der Waals surface area contributed by atoms with Gasteiger partial charge in [-0.3, -0.25) is 4.79 Å². The first-order valence-corrected chi connectivity index (χ1v) is 5.87. The van der Waals surface area contributed by atoms with Crippen LogP contribution in [0.5, 0.6) is 0 Å². The van der Waals surface area contributed by atoms with Crippen LogP contribution >= 0.6 is 27.5 Å². The number of hydrogen-bond acceptors (Lipinski definition) is 1. The Kier molecular flexibility index (Phi) is 2.79. The van der Waals surface area contributed by atoms with Gasteiger partial charge in [0.2, 0.25) is 5.91 Å². The number of carbonyl (C=O) groups excluding carboxylic acids is 1. The highest BCUT2D eigenvalue weighted by Crippen LogP contribution is 2.31. The van der Waals surface area contributed by atoms with Crippen molar-refractivity contribution in [3.05, 3.63) is 28.8 Å². The average Bonchev–Trinajstić information content (AvgIpc) is 2.45. The number of benzene rings is 1. The summed E-state index contributed by atoms with van der Waals surface area (Å²) in [6.07, 6.45) is 0.500. The molecule has 74 valence electrons. The molecule has 1 aliphatic heterocycles. The molecule has 2 nitrogen and oxygen atoms in total. The molecule has 1 aromatic carbocycles. The minimum Gasteiger partial charge on any atom is -0.311 e. The molecule has 1 amide bonds. The molecule has 0 aromatic heterocycles. The van der Waals surface area contributed by atoms with Crippen LogP contribution < -0.4 is 4.90 Å². The minimum absolute atomic E-state index is 0.154. The normalized spacial score (nSPS) is 14.7. The van der Waals surface area contributed by atoms with E-state index in [1.807, 2.05) is 18.2 Å². The summed E-state index contributed by atoms with van der Waals surface area (Å²) >= 11 is 9.22. The largest absolute Gasteiger partial charge is 0.311 e. The molecule has 0 N–H and O–H groups in total. The third kappa shape index (κ3) is 1.66. The molecule has 0 aliphatic carbocycles. The molecule has 0 saturated heterocycles. The predicted octanol–water partition coefficient (Wildman–Crippen LogP) is 2.62. The third-order valence-electron chi connectivity index (χ3n) is 2.29. The summed E-state index contributed by atoms with van der Waals surface area (Å²) in [5, 5.41) is 1.46. The number of amides is 1. The van der Waals surface area contributed by atoms with E-state index in [0.29, 0.717) is 18.0 Å². The van der Waals surface area contributed by atoms with E-state index in [-0.39, 0.29) is 5.91 Å². The van der Waals surface area contributed by atoms with E-state index in [0.717, 1.165) is 16.6 Å². The van der Waals surface area contributed by atoms with Gasteiger partial charge < -0.3 is 4.90 Å². The van der Waals surface area contributed by atoms with Crippen LogP contribution in [0.15, 0.2) is 18.2 Å². The van der Waals surface area contributed by atoms with Gasteiger partial charge in [0.1, 0.15) is 0 Å². The summed E-state index contributed by atoms with van der Waals surface area (Å²) in [6, 6.07) is 5.60. The lowest BCUT2D eigenvalue weighted by atomic mass is 10.2. The molecule has 4 heteroatoms. The Morgan fingerprint density at radius 1 is 1.50 bits per heavy atom. The second-order valence-electron chi connectivity index (χ2n) is 3.18. The molecule has 0 radical (unpaired) electrons. The maximum Gasteiger partial charge on any atom is 0.231 e. The van der Waals surface area contributed by atoms with Gasteiger partial charge in [0.25, 0.3) is 0 Å². The number of anilines is 1. The van der Waals surface area contributed by atoms with Crippen molar-refractivity contribution >= 4 is 39.1 Å². The standard InChI is InChI=1S/C10H9BrClNO/c11-3-4-13-9-6-8(12)2-1-7(9)5-10(13)14/h1-2,6H,3-5H2. The van der Waals surface area contributed by atoms with E-state index in [2.05, 4.69) is 15.9 Å². The summed E-state index contributed by atoms with van der Waals surface area (Å²) in [5.74, 6) is 0.154. The number of alkyl halides is 1. The van der Waals surface area contributed by atoms with Gasteiger partial charge in [-0.1, -0.05) is 33.6 Å². The monoisotopic (exact) mass is 273 g/mol. The van der Waals surface area contributed by atoms with E-state index in [9.17, 15) is 4.79 Å². The number of halogens is 2. The Balaban J connectivity index is 2.39. The van der Waals surface area contributed by atoms with Crippen LogP contribution in [0, 0.1) is 0 Å². The second kappa shape index (κ2) is 3.91. The molecule has 1 aromatic rings. The first-order chi connectivity index (χ1) is 6.72. The van der Waals surface area contributed by atoms with Crippen LogP contribution in [0.3, 0.4) is 0 Å². The van der Waals surface area contributed by atoms with Crippen molar-refractivity contribution in [2.24, 2.45) is 0 Å². The summed E-state index contributed by atoms with van der Waals surface area (Å²) < 4.78 is 0. The molecule has 14 heavy (non-hydrogen) atoms. The maximum absolute atomic E-state index is 11.6. The van der Waals surface area contributed by atoms with E-state index in [1.165, 1.54) is 0 Å². The molecule has 0 saturated carbocycles. The van der Waals surface area contributed by atoms with Crippen LogP contribution in [0.1, 0.15) is 5.56 Å². The first kappa shape index (κ1) is 9.99. The SMILES string of the molecule is O=C1Cc2ccc(Cl)cc2N1CCBr. The molecule has 0 bridgehead atoms. The molecule has 0 fully saturated rings. The summed E-state index contributed by atoms with van der Waals surface area (Å²) in [6.45, 7) is 0.701. The number of carbonyl (C=O) groups is 1. The molecule has 1 aliphatic rings. The third-order valence-corrected chi connectivity index (χ3v) is 2.88. The molecule has 0 spiro atoms. The highest BCUT2D eigenvalue weighted by Gasteiger charge is 2.26. The Labute approximate surface area is 96.0 Å². The van der Waals surface area contributed by atoms with Crippen molar-refractivity contribution in [1.29, 1.82) is 0 Å². The highest BCUT2D eigenvalue weighted by atomic mass is 79.9. The van der Waals surface area contributed by atoms with E-state index in [1.54, 1.807) is 4.90 Å². The Hall–Kier alpha value is -0.540. The van der Waals surface area contributed by atoms with Gasteiger partial charge in [-0.25, -0.2) is 0 Å². The Bertz CT molecular complexity index is 380. The van der Waals surface area contributed by atoms with Crippen molar-refractivity contribution in [3.63, 3.8) is 0 Å². The second-order valence-corrected chi connectivity index (χ2v) is 4.41. The quantitative estimate of drug-likeness (QED) is 0.759. The first-order valence-electron chi connectivity index (χ1n) is 4.37. The highest BCUT2D eigenvalue weighted by molar-refractivity contribution is 9.09. The van der Waals surface area contributed by atoms with Crippen molar-refractivity contribution in [2.45, 2.75) is 6.42 Å². The van der Waals surface area contributed by atoms with Crippen molar-refractivity contribution in [2.75, 3.05) is 16.8 Å². The molecule has 0 unspecified atom stereocenters. The van der Waals surface area contributed by atoms with Gasteiger partial charge in [0, 0.05) is 22.6 Å².